The maximum Gasteiger partial charge on any atom is 0.0700 e. The molecule has 0 radical (unpaired) electrons. The second kappa shape index (κ2) is 3.41. The van der Waals surface area contributed by atoms with E-state index < -0.39 is 0 Å². The highest BCUT2D eigenvalue weighted by atomic mass is 14.3. The highest BCUT2D eigenvalue weighted by Gasteiger charge is 2.21. The van der Waals surface area contributed by atoms with Crippen molar-refractivity contribution in [1.29, 1.82) is 5.26 Å². The Hall–Kier alpha value is -0.770. The predicted molar refractivity (Wildman–Crippen MR) is 41.3 cm³/mol. The van der Waals surface area contributed by atoms with E-state index in [2.05, 4.69) is 12.6 Å². The van der Waals surface area contributed by atoms with Gasteiger partial charge in [-0.15, -0.1) is 6.58 Å². The van der Waals surface area contributed by atoms with Crippen LogP contribution in [0.4, 0.5) is 0 Å². The highest BCUT2D eigenvalue weighted by molar-refractivity contribution is 5.00. The van der Waals surface area contributed by atoms with Crippen molar-refractivity contribution >= 4 is 0 Å². The lowest BCUT2D eigenvalue weighted by Gasteiger charge is -2.10. The van der Waals surface area contributed by atoms with E-state index in [1.807, 2.05) is 0 Å². The Morgan fingerprint density at radius 2 is 2.10 bits per heavy atom. The molecule has 1 nitrogen and oxygen atoms in total. The molecule has 0 saturated heterocycles. The van der Waals surface area contributed by atoms with Crippen molar-refractivity contribution in [2.75, 3.05) is 0 Å². The van der Waals surface area contributed by atoms with E-state index in [9.17, 15) is 0 Å². The average molecular weight is 135 g/mol. The minimum absolute atomic E-state index is 0.113. The van der Waals surface area contributed by atoms with E-state index in [-0.39, 0.29) is 5.92 Å². The van der Waals surface area contributed by atoms with Crippen LogP contribution < -0.4 is 0 Å². The number of hydrogen-bond acceptors (Lipinski definition) is 1. The van der Waals surface area contributed by atoms with E-state index >= 15 is 0 Å². The minimum Gasteiger partial charge on any atom is -0.198 e. The van der Waals surface area contributed by atoms with Crippen LogP contribution in [0.5, 0.6) is 0 Å². The van der Waals surface area contributed by atoms with Gasteiger partial charge in [0.15, 0.2) is 0 Å². The van der Waals surface area contributed by atoms with Gasteiger partial charge in [-0.25, -0.2) is 0 Å². The van der Waals surface area contributed by atoms with Crippen molar-refractivity contribution in [3.8, 4) is 6.07 Å². The van der Waals surface area contributed by atoms with E-state index in [1.54, 1.807) is 6.08 Å². The Morgan fingerprint density at radius 3 is 2.50 bits per heavy atom. The molecule has 1 aliphatic rings. The van der Waals surface area contributed by atoms with Crippen LogP contribution in [0, 0.1) is 23.2 Å². The van der Waals surface area contributed by atoms with Gasteiger partial charge in [0.25, 0.3) is 0 Å². The van der Waals surface area contributed by atoms with Crippen molar-refractivity contribution in [2.45, 2.75) is 25.7 Å². The molecule has 0 heterocycles. The summed E-state index contributed by atoms with van der Waals surface area (Å²) in [7, 11) is 0. The summed E-state index contributed by atoms with van der Waals surface area (Å²) in [6.45, 7) is 3.65. The summed E-state index contributed by atoms with van der Waals surface area (Å²) in [6.07, 6.45) is 6.85. The molecule has 1 unspecified atom stereocenters. The molecule has 54 valence electrons. The molecule has 1 aliphatic carbocycles. The zero-order chi connectivity index (χ0) is 7.40. The Balaban J connectivity index is 2.46. The van der Waals surface area contributed by atoms with E-state index in [4.69, 9.17) is 5.26 Å². The average Bonchev–Trinajstić information content (AvgIpc) is 2.43. The highest BCUT2D eigenvalue weighted by Crippen LogP contribution is 2.31. The summed E-state index contributed by atoms with van der Waals surface area (Å²) in [5.74, 6) is 0.727. The number of rotatable bonds is 2. The molecule has 1 fully saturated rings. The number of allylic oxidation sites excluding steroid dienone is 1. The first-order valence-electron chi connectivity index (χ1n) is 3.90. The first-order chi connectivity index (χ1) is 4.88. The van der Waals surface area contributed by atoms with Gasteiger partial charge in [0.05, 0.1) is 12.0 Å². The molecule has 1 heteroatoms. The van der Waals surface area contributed by atoms with Gasteiger partial charge >= 0.3 is 0 Å². The van der Waals surface area contributed by atoms with Gasteiger partial charge in [0, 0.05) is 0 Å². The first kappa shape index (κ1) is 7.34. The maximum absolute atomic E-state index is 8.67. The van der Waals surface area contributed by atoms with Gasteiger partial charge in [-0.3, -0.25) is 0 Å². The maximum atomic E-state index is 8.67. The fraction of sp³-hybridized carbons (Fsp3) is 0.667. The molecule has 0 aliphatic heterocycles. The third kappa shape index (κ3) is 1.39. The molecule has 0 aromatic rings. The van der Waals surface area contributed by atoms with Gasteiger partial charge in [-0.2, -0.15) is 5.26 Å². The molecular formula is C9H13N. The van der Waals surface area contributed by atoms with Crippen LogP contribution in [-0.2, 0) is 0 Å². The van der Waals surface area contributed by atoms with Gasteiger partial charge in [0.1, 0.15) is 0 Å². The van der Waals surface area contributed by atoms with Crippen molar-refractivity contribution in [3.05, 3.63) is 12.7 Å². The second-order valence-corrected chi connectivity index (χ2v) is 2.94. The molecule has 1 atom stereocenters. The second-order valence-electron chi connectivity index (χ2n) is 2.94. The topological polar surface area (TPSA) is 23.8 Å². The van der Waals surface area contributed by atoms with Crippen LogP contribution in [0.25, 0.3) is 0 Å². The largest absolute Gasteiger partial charge is 0.198 e. The fourth-order valence-electron chi connectivity index (χ4n) is 1.67. The van der Waals surface area contributed by atoms with Crippen LogP contribution in [-0.4, -0.2) is 0 Å². The smallest absolute Gasteiger partial charge is 0.0700 e. The summed E-state index contributed by atoms with van der Waals surface area (Å²) in [5.41, 5.74) is 0. The standard InChI is InChI=1S/C9H13N/c1-2-8(7-10)9-5-3-4-6-9/h2,8-9H,1,3-6H2. The first-order valence-corrected chi connectivity index (χ1v) is 3.90. The fourth-order valence-corrected chi connectivity index (χ4v) is 1.67. The molecule has 0 aromatic carbocycles. The van der Waals surface area contributed by atoms with E-state index in [0.29, 0.717) is 5.92 Å². The minimum atomic E-state index is 0.113. The molecule has 0 amide bonds. The molecule has 0 spiro atoms. The van der Waals surface area contributed by atoms with Crippen LogP contribution in [0.15, 0.2) is 12.7 Å². The monoisotopic (exact) mass is 135 g/mol. The van der Waals surface area contributed by atoms with Crippen molar-refractivity contribution in [2.24, 2.45) is 11.8 Å². The van der Waals surface area contributed by atoms with Gasteiger partial charge in [-0.05, 0) is 18.8 Å². The Morgan fingerprint density at radius 1 is 1.50 bits per heavy atom. The van der Waals surface area contributed by atoms with Crippen molar-refractivity contribution in [3.63, 3.8) is 0 Å². The molecular weight excluding hydrogens is 122 g/mol. The lowest BCUT2D eigenvalue weighted by molar-refractivity contribution is 0.478. The normalized spacial score (nSPS) is 21.9. The predicted octanol–water partition coefficient (Wildman–Crippen LogP) is 2.50. The van der Waals surface area contributed by atoms with Crippen molar-refractivity contribution in [1.82, 2.24) is 0 Å². The van der Waals surface area contributed by atoms with Crippen LogP contribution >= 0.6 is 0 Å². The molecule has 1 rings (SSSR count). The van der Waals surface area contributed by atoms with Gasteiger partial charge < -0.3 is 0 Å². The molecule has 0 N–H and O–H groups in total. The summed E-state index contributed by atoms with van der Waals surface area (Å²) in [4.78, 5) is 0. The van der Waals surface area contributed by atoms with Crippen LogP contribution in [0.1, 0.15) is 25.7 Å². The SMILES string of the molecule is C=CC(C#N)C1CCCC1. The lowest BCUT2D eigenvalue weighted by Crippen LogP contribution is -2.05. The zero-order valence-electron chi connectivity index (χ0n) is 6.21. The Bertz CT molecular complexity index is 149. The van der Waals surface area contributed by atoms with Crippen LogP contribution in [0.2, 0.25) is 0 Å². The van der Waals surface area contributed by atoms with E-state index in [1.165, 1.54) is 25.7 Å². The van der Waals surface area contributed by atoms with Gasteiger partial charge in [0.2, 0.25) is 0 Å². The number of nitriles is 1. The van der Waals surface area contributed by atoms with Gasteiger partial charge in [-0.1, -0.05) is 18.9 Å². The third-order valence-corrected chi connectivity index (χ3v) is 2.31. The summed E-state index contributed by atoms with van der Waals surface area (Å²) in [5, 5.41) is 8.67. The van der Waals surface area contributed by atoms with Crippen molar-refractivity contribution < 1.29 is 0 Å². The quantitative estimate of drug-likeness (QED) is 0.534. The zero-order valence-corrected chi connectivity index (χ0v) is 6.21. The van der Waals surface area contributed by atoms with Crippen LogP contribution in [0.3, 0.4) is 0 Å². The third-order valence-electron chi connectivity index (χ3n) is 2.31. The lowest BCUT2D eigenvalue weighted by atomic mass is 9.92. The molecule has 0 aromatic heterocycles. The number of hydrogen-bond donors (Lipinski definition) is 0. The molecule has 1 saturated carbocycles. The Labute approximate surface area is 62.4 Å². The van der Waals surface area contributed by atoms with E-state index in [0.717, 1.165) is 0 Å². The number of nitrogens with zero attached hydrogens (tertiary/aromatic N) is 1. The summed E-state index contributed by atoms with van der Waals surface area (Å²) < 4.78 is 0. The Kier molecular flexibility index (Phi) is 2.50. The molecule has 0 bridgehead atoms. The summed E-state index contributed by atoms with van der Waals surface area (Å²) in [6, 6.07) is 2.28. The summed E-state index contributed by atoms with van der Waals surface area (Å²) >= 11 is 0. The molecule has 10 heavy (non-hydrogen) atoms.